The molecule has 0 spiro atoms. The van der Waals surface area contributed by atoms with Gasteiger partial charge in [0.05, 0.1) is 26.7 Å². The van der Waals surface area contributed by atoms with Crippen molar-refractivity contribution in [1.82, 2.24) is 0 Å². The third-order valence-electron chi connectivity index (χ3n) is 3.64. The Kier molecular flexibility index (Phi) is 5.28. The van der Waals surface area contributed by atoms with Gasteiger partial charge in [-0.1, -0.05) is 0 Å². The quantitative estimate of drug-likeness (QED) is 0.434. The Morgan fingerprint density at radius 1 is 1.37 bits per heavy atom. The molecule has 0 aromatic heterocycles. The number of carboxylic acids is 1. The summed E-state index contributed by atoms with van der Waals surface area (Å²) in [5.41, 5.74) is 5.47. The van der Waals surface area contributed by atoms with Crippen molar-refractivity contribution in [2.75, 3.05) is 27.2 Å². The standard InChI is InChI=1S/C12H24N2O5/c1-7-10(15)11(16)9(19-7)6-14(2,3)5-4-8(13)12(17)18/h7-11,15-16H,4-6,13H2,1-3H3/p+1/t7?,8-,9?,10+,11-/m1/s1. The summed E-state index contributed by atoms with van der Waals surface area (Å²) in [6, 6.07) is -0.878. The Balaban J connectivity index is 2.48. The fraction of sp³-hybridized carbons (Fsp3) is 0.917. The summed E-state index contributed by atoms with van der Waals surface area (Å²) in [6.45, 7) is 2.77. The van der Waals surface area contributed by atoms with E-state index in [0.717, 1.165) is 0 Å². The van der Waals surface area contributed by atoms with E-state index in [1.807, 2.05) is 14.1 Å². The van der Waals surface area contributed by atoms with Crippen LogP contribution in [-0.2, 0) is 9.53 Å². The van der Waals surface area contributed by atoms with Crippen LogP contribution in [0.2, 0.25) is 0 Å². The van der Waals surface area contributed by atoms with Crippen LogP contribution in [0.25, 0.3) is 0 Å². The molecule has 0 bridgehead atoms. The molecule has 0 aliphatic carbocycles. The van der Waals surface area contributed by atoms with E-state index in [1.54, 1.807) is 6.92 Å². The van der Waals surface area contributed by atoms with Gasteiger partial charge in [0.2, 0.25) is 0 Å². The predicted octanol–water partition coefficient (Wildman–Crippen LogP) is -1.63. The zero-order chi connectivity index (χ0) is 14.8. The lowest BCUT2D eigenvalue weighted by Crippen LogP contribution is -2.50. The minimum atomic E-state index is -1.01. The van der Waals surface area contributed by atoms with E-state index in [0.29, 0.717) is 24.0 Å². The molecule has 0 radical (unpaired) electrons. The van der Waals surface area contributed by atoms with Gasteiger partial charge in [-0.25, -0.2) is 0 Å². The Morgan fingerprint density at radius 3 is 2.37 bits per heavy atom. The van der Waals surface area contributed by atoms with Crippen LogP contribution in [0.5, 0.6) is 0 Å². The molecule has 5 N–H and O–H groups in total. The molecule has 1 fully saturated rings. The SMILES string of the molecule is CC1OC(C[N+](C)(C)CC[C@@H](N)C(=O)O)[C@@H](O)[C@H]1O. The molecule has 19 heavy (non-hydrogen) atoms. The van der Waals surface area contributed by atoms with Crippen molar-refractivity contribution < 1.29 is 29.3 Å². The average molecular weight is 277 g/mol. The number of aliphatic hydroxyl groups is 2. The van der Waals surface area contributed by atoms with Gasteiger partial charge < -0.3 is 30.3 Å². The van der Waals surface area contributed by atoms with Crippen molar-refractivity contribution >= 4 is 5.97 Å². The molecule has 112 valence electrons. The van der Waals surface area contributed by atoms with E-state index < -0.39 is 30.3 Å². The molecule has 1 heterocycles. The van der Waals surface area contributed by atoms with Crippen LogP contribution >= 0.6 is 0 Å². The maximum Gasteiger partial charge on any atom is 0.320 e. The van der Waals surface area contributed by atoms with Crippen molar-refractivity contribution in [2.45, 2.75) is 43.8 Å². The first kappa shape index (κ1) is 16.3. The summed E-state index contributed by atoms with van der Waals surface area (Å²) < 4.78 is 5.99. The zero-order valence-electron chi connectivity index (χ0n) is 11.7. The van der Waals surface area contributed by atoms with Crippen LogP contribution in [0.1, 0.15) is 13.3 Å². The second-order valence-corrected chi connectivity index (χ2v) is 5.94. The van der Waals surface area contributed by atoms with Crippen LogP contribution in [0.4, 0.5) is 0 Å². The number of ether oxygens (including phenoxy) is 1. The molecule has 1 rings (SSSR count). The normalized spacial score (nSPS) is 33.4. The molecular formula is C12H25N2O5+. The van der Waals surface area contributed by atoms with Crippen LogP contribution in [0.15, 0.2) is 0 Å². The third-order valence-corrected chi connectivity index (χ3v) is 3.64. The molecule has 1 aliphatic rings. The van der Waals surface area contributed by atoms with Gasteiger partial charge in [0, 0.05) is 6.42 Å². The first-order chi connectivity index (χ1) is 8.64. The number of carbonyl (C=O) groups is 1. The molecule has 5 atom stereocenters. The van der Waals surface area contributed by atoms with Gasteiger partial charge >= 0.3 is 5.97 Å². The van der Waals surface area contributed by atoms with Crippen molar-refractivity contribution in [3.8, 4) is 0 Å². The van der Waals surface area contributed by atoms with Crippen molar-refractivity contribution in [2.24, 2.45) is 5.73 Å². The summed E-state index contributed by atoms with van der Waals surface area (Å²) in [5.74, 6) is -1.01. The lowest BCUT2D eigenvalue weighted by Gasteiger charge is -2.33. The van der Waals surface area contributed by atoms with Gasteiger partial charge in [-0.05, 0) is 6.92 Å². The second kappa shape index (κ2) is 6.15. The molecular weight excluding hydrogens is 252 g/mol. The fourth-order valence-electron chi connectivity index (χ4n) is 2.28. The molecule has 0 amide bonds. The van der Waals surface area contributed by atoms with E-state index in [1.165, 1.54) is 0 Å². The fourth-order valence-corrected chi connectivity index (χ4v) is 2.28. The van der Waals surface area contributed by atoms with Crippen molar-refractivity contribution in [3.63, 3.8) is 0 Å². The van der Waals surface area contributed by atoms with Crippen LogP contribution in [0, 0.1) is 0 Å². The third kappa shape index (κ3) is 4.39. The molecule has 1 saturated heterocycles. The highest BCUT2D eigenvalue weighted by molar-refractivity contribution is 5.72. The molecule has 7 nitrogen and oxygen atoms in total. The maximum absolute atomic E-state index is 10.7. The topological polar surface area (TPSA) is 113 Å². The first-order valence-electron chi connectivity index (χ1n) is 6.46. The molecule has 2 unspecified atom stereocenters. The van der Waals surface area contributed by atoms with Gasteiger partial charge in [-0.2, -0.15) is 0 Å². The Bertz CT molecular complexity index is 323. The number of nitrogens with two attached hydrogens (primary N) is 1. The van der Waals surface area contributed by atoms with E-state index >= 15 is 0 Å². The van der Waals surface area contributed by atoms with E-state index in [2.05, 4.69) is 0 Å². The van der Waals surface area contributed by atoms with Gasteiger partial charge in [0.15, 0.2) is 0 Å². The van der Waals surface area contributed by atoms with E-state index in [-0.39, 0.29) is 6.10 Å². The summed E-state index contributed by atoms with van der Waals surface area (Å²) in [4.78, 5) is 10.7. The van der Waals surface area contributed by atoms with Gasteiger partial charge in [-0.15, -0.1) is 0 Å². The molecule has 1 aliphatic heterocycles. The van der Waals surface area contributed by atoms with Crippen LogP contribution < -0.4 is 5.73 Å². The lowest BCUT2D eigenvalue weighted by atomic mass is 10.1. The highest BCUT2D eigenvalue weighted by Crippen LogP contribution is 2.23. The highest BCUT2D eigenvalue weighted by atomic mass is 16.5. The number of aliphatic hydroxyl groups excluding tert-OH is 2. The summed E-state index contributed by atoms with van der Waals surface area (Å²) in [5, 5.41) is 28.2. The summed E-state index contributed by atoms with van der Waals surface area (Å²) in [7, 11) is 3.83. The van der Waals surface area contributed by atoms with Crippen LogP contribution in [0.3, 0.4) is 0 Å². The number of rotatable bonds is 6. The lowest BCUT2D eigenvalue weighted by molar-refractivity contribution is -0.893. The monoisotopic (exact) mass is 277 g/mol. The molecule has 0 aromatic carbocycles. The predicted molar refractivity (Wildman–Crippen MR) is 68.4 cm³/mol. The van der Waals surface area contributed by atoms with Crippen LogP contribution in [-0.4, -0.2) is 83.4 Å². The minimum absolute atomic E-state index is 0.350. The summed E-state index contributed by atoms with van der Waals surface area (Å²) >= 11 is 0. The van der Waals surface area contributed by atoms with Gasteiger partial charge in [0.1, 0.15) is 30.9 Å². The average Bonchev–Trinajstić information content (AvgIpc) is 2.53. The number of nitrogens with zero attached hydrogens (tertiary/aromatic N) is 1. The smallest absolute Gasteiger partial charge is 0.320 e. The Morgan fingerprint density at radius 2 is 1.95 bits per heavy atom. The number of hydrogen-bond donors (Lipinski definition) is 4. The maximum atomic E-state index is 10.7. The number of hydrogen-bond acceptors (Lipinski definition) is 5. The van der Waals surface area contributed by atoms with Gasteiger partial charge in [-0.3, -0.25) is 4.79 Å². The molecule has 0 aromatic rings. The Hall–Kier alpha value is -0.730. The second-order valence-electron chi connectivity index (χ2n) is 5.94. The number of aliphatic carboxylic acids is 1. The first-order valence-corrected chi connectivity index (χ1v) is 6.46. The number of likely N-dealkylation sites (N-methyl/N-ethyl adjacent to an activating group) is 1. The number of quaternary nitrogens is 1. The number of carboxylic acid groups (broad SMARTS) is 1. The van der Waals surface area contributed by atoms with Crippen molar-refractivity contribution in [1.29, 1.82) is 0 Å². The zero-order valence-corrected chi connectivity index (χ0v) is 11.7. The Labute approximate surface area is 113 Å². The van der Waals surface area contributed by atoms with E-state index in [9.17, 15) is 15.0 Å². The minimum Gasteiger partial charge on any atom is -0.480 e. The van der Waals surface area contributed by atoms with Gasteiger partial charge in [0.25, 0.3) is 0 Å². The van der Waals surface area contributed by atoms with Crippen molar-refractivity contribution in [3.05, 3.63) is 0 Å². The highest BCUT2D eigenvalue weighted by Gasteiger charge is 2.43. The molecule has 0 saturated carbocycles. The molecule has 7 heteroatoms. The summed E-state index contributed by atoms with van der Waals surface area (Å²) in [6.07, 6.45) is -2.25. The van der Waals surface area contributed by atoms with E-state index in [4.69, 9.17) is 15.6 Å². The largest absolute Gasteiger partial charge is 0.480 e.